The van der Waals surface area contributed by atoms with Crippen LogP contribution in [0.15, 0.2) is 50.7 Å². The lowest BCUT2D eigenvalue weighted by molar-refractivity contribution is 0.580. The molecule has 0 bridgehead atoms. The Balaban J connectivity index is 2.21. The molecule has 0 unspecified atom stereocenters. The Kier molecular flexibility index (Phi) is 4.64. The standard InChI is InChI=1S/C12H10BrClN2O3S/c13-10-4-2-1-3-8(10)6-16-20(18,19)9-5-11(14)12(17)15-7-9/h1-5,7,16H,6H2,(H,15,17). The smallest absolute Gasteiger partial charge is 0.266 e. The zero-order valence-corrected chi connectivity index (χ0v) is 13.2. The SMILES string of the molecule is O=c1[nH]cc(S(=O)(=O)NCc2ccccc2Br)cc1Cl. The number of pyridine rings is 1. The Hall–Kier alpha value is -1.15. The van der Waals surface area contributed by atoms with Gasteiger partial charge in [0.15, 0.2) is 0 Å². The Morgan fingerprint density at radius 3 is 2.65 bits per heavy atom. The van der Waals surface area contributed by atoms with E-state index in [4.69, 9.17) is 11.6 Å². The molecule has 0 saturated carbocycles. The van der Waals surface area contributed by atoms with E-state index in [0.29, 0.717) is 0 Å². The number of hydrogen-bond donors (Lipinski definition) is 2. The van der Waals surface area contributed by atoms with Crippen molar-refractivity contribution in [3.8, 4) is 0 Å². The van der Waals surface area contributed by atoms with Crippen LogP contribution in [-0.4, -0.2) is 13.4 Å². The summed E-state index contributed by atoms with van der Waals surface area (Å²) < 4.78 is 27.4. The van der Waals surface area contributed by atoms with E-state index in [1.165, 1.54) is 0 Å². The molecule has 0 aliphatic heterocycles. The summed E-state index contributed by atoms with van der Waals surface area (Å²) in [6, 6.07) is 8.38. The van der Waals surface area contributed by atoms with Gasteiger partial charge in [0.1, 0.15) is 5.02 Å². The van der Waals surface area contributed by atoms with Crippen molar-refractivity contribution in [1.29, 1.82) is 0 Å². The number of nitrogens with one attached hydrogen (secondary N) is 2. The van der Waals surface area contributed by atoms with Crippen LogP contribution in [-0.2, 0) is 16.6 Å². The molecule has 1 heterocycles. The van der Waals surface area contributed by atoms with Gasteiger partial charge in [0, 0.05) is 17.2 Å². The van der Waals surface area contributed by atoms with E-state index in [1.807, 2.05) is 18.2 Å². The third-order valence-corrected chi connectivity index (χ3v) is 4.99. The summed E-state index contributed by atoms with van der Waals surface area (Å²) in [6.07, 6.45) is 1.11. The highest BCUT2D eigenvalue weighted by Crippen LogP contribution is 2.17. The Morgan fingerprint density at radius 2 is 2.00 bits per heavy atom. The van der Waals surface area contributed by atoms with E-state index in [-0.39, 0.29) is 16.5 Å². The fourth-order valence-electron chi connectivity index (χ4n) is 1.49. The summed E-state index contributed by atoms with van der Waals surface area (Å²) >= 11 is 8.96. The summed E-state index contributed by atoms with van der Waals surface area (Å²) in [5.74, 6) is 0. The van der Waals surface area contributed by atoms with Crippen LogP contribution in [0.25, 0.3) is 0 Å². The lowest BCUT2D eigenvalue weighted by Crippen LogP contribution is -2.24. The van der Waals surface area contributed by atoms with Crippen molar-refractivity contribution in [3.05, 3.63) is 61.9 Å². The number of sulfonamides is 1. The highest BCUT2D eigenvalue weighted by atomic mass is 79.9. The van der Waals surface area contributed by atoms with Crippen molar-refractivity contribution >= 4 is 37.6 Å². The largest absolute Gasteiger partial charge is 0.326 e. The molecule has 2 rings (SSSR count). The Morgan fingerprint density at radius 1 is 1.30 bits per heavy atom. The highest BCUT2D eigenvalue weighted by molar-refractivity contribution is 9.10. The number of aromatic nitrogens is 1. The lowest BCUT2D eigenvalue weighted by atomic mass is 10.2. The second-order valence-corrected chi connectivity index (χ2v) is 6.96. The van der Waals surface area contributed by atoms with Gasteiger partial charge in [0.2, 0.25) is 10.0 Å². The summed E-state index contributed by atoms with van der Waals surface area (Å²) in [5, 5.41) is -0.172. The van der Waals surface area contributed by atoms with Gasteiger partial charge < -0.3 is 4.98 Å². The van der Waals surface area contributed by atoms with Gasteiger partial charge in [-0.05, 0) is 17.7 Å². The molecule has 106 valence electrons. The molecule has 20 heavy (non-hydrogen) atoms. The van der Waals surface area contributed by atoms with E-state index in [1.54, 1.807) is 6.07 Å². The normalized spacial score (nSPS) is 11.5. The lowest BCUT2D eigenvalue weighted by Gasteiger charge is -2.08. The van der Waals surface area contributed by atoms with Crippen molar-refractivity contribution in [1.82, 2.24) is 9.71 Å². The van der Waals surface area contributed by atoms with Crippen LogP contribution >= 0.6 is 27.5 Å². The molecule has 2 N–H and O–H groups in total. The molecule has 8 heteroatoms. The van der Waals surface area contributed by atoms with Crippen molar-refractivity contribution in [2.45, 2.75) is 11.4 Å². The molecular weight excluding hydrogens is 368 g/mol. The molecule has 2 aromatic rings. The first kappa shape index (κ1) is 15.2. The maximum atomic E-state index is 12.1. The van der Waals surface area contributed by atoms with Gasteiger partial charge in [0.05, 0.1) is 4.90 Å². The van der Waals surface area contributed by atoms with Gasteiger partial charge >= 0.3 is 0 Å². The van der Waals surface area contributed by atoms with Gasteiger partial charge in [-0.2, -0.15) is 0 Å². The molecule has 0 atom stereocenters. The summed E-state index contributed by atoms with van der Waals surface area (Å²) in [5.41, 5.74) is 0.267. The van der Waals surface area contributed by atoms with Crippen LogP contribution in [0.3, 0.4) is 0 Å². The first-order valence-electron chi connectivity index (χ1n) is 5.51. The first-order chi connectivity index (χ1) is 9.40. The molecule has 1 aromatic heterocycles. The molecule has 0 aliphatic rings. The molecule has 0 radical (unpaired) electrons. The minimum Gasteiger partial charge on any atom is -0.326 e. The number of hydrogen-bond acceptors (Lipinski definition) is 3. The zero-order valence-electron chi connectivity index (χ0n) is 10.1. The number of H-pyrrole nitrogens is 1. The summed E-state index contributed by atoms with van der Waals surface area (Å²) in [6.45, 7) is 0.125. The van der Waals surface area contributed by atoms with E-state index in [2.05, 4.69) is 25.6 Å². The van der Waals surface area contributed by atoms with Crippen molar-refractivity contribution < 1.29 is 8.42 Å². The molecule has 0 fully saturated rings. The second-order valence-electron chi connectivity index (χ2n) is 3.93. The molecule has 5 nitrogen and oxygen atoms in total. The van der Waals surface area contributed by atoms with Gasteiger partial charge in [-0.15, -0.1) is 0 Å². The number of benzene rings is 1. The third-order valence-electron chi connectivity index (χ3n) is 2.55. The average molecular weight is 378 g/mol. The van der Waals surface area contributed by atoms with Crippen LogP contribution in [0, 0.1) is 0 Å². The number of aromatic amines is 1. The molecule has 0 saturated heterocycles. The number of rotatable bonds is 4. The minimum absolute atomic E-state index is 0.0887. The highest BCUT2D eigenvalue weighted by Gasteiger charge is 2.15. The minimum atomic E-state index is -3.74. The fourth-order valence-corrected chi connectivity index (χ4v) is 3.15. The molecular formula is C12H10BrClN2O3S. The van der Waals surface area contributed by atoms with Crippen molar-refractivity contribution in [2.75, 3.05) is 0 Å². The van der Waals surface area contributed by atoms with Crippen molar-refractivity contribution in [3.63, 3.8) is 0 Å². The van der Waals surface area contributed by atoms with Crippen LogP contribution < -0.4 is 10.3 Å². The predicted molar refractivity (Wildman–Crippen MR) is 80.2 cm³/mol. The van der Waals surface area contributed by atoms with Crippen molar-refractivity contribution in [2.24, 2.45) is 0 Å². The Bertz CT molecular complexity index is 789. The van der Waals surface area contributed by atoms with E-state index in [9.17, 15) is 13.2 Å². The quantitative estimate of drug-likeness (QED) is 0.858. The fraction of sp³-hybridized carbons (Fsp3) is 0.0833. The van der Waals surface area contributed by atoms with Crippen LogP contribution in [0.2, 0.25) is 5.02 Å². The van der Waals surface area contributed by atoms with Gasteiger partial charge in [-0.25, -0.2) is 13.1 Å². The van der Waals surface area contributed by atoms with Crippen LogP contribution in [0.5, 0.6) is 0 Å². The number of halogens is 2. The molecule has 0 aliphatic carbocycles. The van der Waals surface area contributed by atoms with Crippen LogP contribution in [0.4, 0.5) is 0 Å². The van der Waals surface area contributed by atoms with Gasteiger partial charge in [-0.1, -0.05) is 45.7 Å². The van der Waals surface area contributed by atoms with E-state index < -0.39 is 15.6 Å². The summed E-state index contributed by atoms with van der Waals surface area (Å²) in [7, 11) is -3.74. The van der Waals surface area contributed by atoms with Gasteiger partial charge in [0.25, 0.3) is 5.56 Å². The Labute approximate surface area is 129 Å². The topological polar surface area (TPSA) is 79.0 Å². The van der Waals surface area contributed by atoms with E-state index in [0.717, 1.165) is 22.3 Å². The van der Waals surface area contributed by atoms with Gasteiger partial charge in [-0.3, -0.25) is 4.79 Å². The maximum absolute atomic E-state index is 12.1. The predicted octanol–water partition coefficient (Wildman–Crippen LogP) is 2.27. The maximum Gasteiger partial charge on any atom is 0.266 e. The molecule has 0 amide bonds. The zero-order chi connectivity index (χ0) is 14.8. The molecule has 0 spiro atoms. The van der Waals surface area contributed by atoms with Crippen LogP contribution in [0.1, 0.15) is 5.56 Å². The average Bonchev–Trinajstić information content (AvgIpc) is 2.41. The first-order valence-corrected chi connectivity index (χ1v) is 8.17. The molecule has 1 aromatic carbocycles. The monoisotopic (exact) mass is 376 g/mol. The van der Waals surface area contributed by atoms with E-state index >= 15 is 0 Å². The second kappa shape index (κ2) is 6.09. The third kappa shape index (κ3) is 3.49. The summed E-state index contributed by atoms with van der Waals surface area (Å²) in [4.78, 5) is 13.3.